The van der Waals surface area contributed by atoms with Crippen molar-refractivity contribution < 1.29 is 4.92 Å². The first-order chi connectivity index (χ1) is 7.22. The number of nitrogens with zero attached hydrogens (tertiary/aromatic N) is 1. The minimum absolute atomic E-state index is 0.168. The Kier molecular flexibility index (Phi) is 2.58. The number of nitrogens with one attached hydrogen (secondary N) is 1. The molecule has 15 heavy (non-hydrogen) atoms. The predicted octanol–water partition coefficient (Wildman–Crippen LogP) is 2.90. The summed E-state index contributed by atoms with van der Waals surface area (Å²) in [7, 11) is 0. The van der Waals surface area contributed by atoms with Crippen molar-refractivity contribution in [1.82, 2.24) is 0 Å². The van der Waals surface area contributed by atoms with E-state index >= 15 is 0 Å². The smallest absolute Gasteiger partial charge is 0.292 e. The number of benzene rings is 1. The molecule has 4 nitrogen and oxygen atoms in total. The van der Waals surface area contributed by atoms with Gasteiger partial charge < -0.3 is 5.32 Å². The Morgan fingerprint density at radius 2 is 2.27 bits per heavy atom. The number of hydrogen-bond acceptors (Lipinski definition) is 3. The van der Waals surface area contributed by atoms with Crippen LogP contribution in [0, 0.1) is 10.1 Å². The number of nitro groups is 1. The lowest BCUT2D eigenvalue weighted by Crippen LogP contribution is -2.01. The summed E-state index contributed by atoms with van der Waals surface area (Å²) in [5, 5.41) is 13.8. The molecule has 0 bridgehead atoms. The highest BCUT2D eigenvalue weighted by Gasteiger charge is 2.25. The molecule has 0 heterocycles. The molecule has 1 aromatic carbocycles. The molecule has 0 aliphatic heterocycles. The largest absolute Gasteiger partial charge is 0.380 e. The number of rotatable bonds is 4. The molecule has 0 aromatic heterocycles. The minimum Gasteiger partial charge on any atom is -0.380 e. The zero-order valence-electron chi connectivity index (χ0n) is 8.69. The normalized spacial score (nSPS) is 15.0. The third-order valence-electron chi connectivity index (χ3n) is 2.63. The van der Waals surface area contributed by atoms with Gasteiger partial charge in [-0.3, -0.25) is 10.1 Å². The first-order valence-corrected chi connectivity index (χ1v) is 5.24. The van der Waals surface area contributed by atoms with Crippen molar-refractivity contribution in [2.45, 2.75) is 25.7 Å². The van der Waals surface area contributed by atoms with Crippen LogP contribution in [0.1, 0.15) is 31.2 Å². The van der Waals surface area contributed by atoms with Crippen molar-refractivity contribution in [2.75, 3.05) is 11.9 Å². The third-order valence-corrected chi connectivity index (χ3v) is 2.63. The molecule has 0 spiro atoms. The topological polar surface area (TPSA) is 55.2 Å². The van der Waals surface area contributed by atoms with E-state index in [1.54, 1.807) is 6.07 Å². The van der Waals surface area contributed by atoms with E-state index in [9.17, 15) is 10.1 Å². The van der Waals surface area contributed by atoms with Gasteiger partial charge in [0.15, 0.2) is 0 Å². The fraction of sp³-hybridized carbons (Fsp3) is 0.455. The van der Waals surface area contributed by atoms with Crippen LogP contribution in [0.15, 0.2) is 18.2 Å². The predicted molar refractivity (Wildman–Crippen MR) is 59.2 cm³/mol. The molecule has 2 rings (SSSR count). The fourth-order valence-electron chi connectivity index (χ4n) is 1.72. The Hall–Kier alpha value is -1.58. The van der Waals surface area contributed by atoms with E-state index in [1.807, 2.05) is 19.1 Å². The molecule has 0 unspecified atom stereocenters. The summed E-state index contributed by atoms with van der Waals surface area (Å²) in [6.45, 7) is 2.64. The van der Waals surface area contributed by atoms with Crippen molar-refractivity contribution in [3.05, 3.63) is 33.9 Å². The van der Waals surface area contributed by atoms with Gasteiger partial charge in [0.1, 0.15) is 5.69 Å². The molecule has 4 heteroatoms. The molecule has 80 valence electrons. The van der Waals surface area contributed by atoms with Crippen LogP contribution < -0.4 is 5.32 Å². The average molecular weight is 206 g/mol. The van der Waals surface area contributed by atoms with E-state index < -0.39 is 0 Å². The summed E-state index contributed by atoms with van der Waals surface area (Å²) < 4.78 is 0. The zero-order valence-corrected chi connectivity index (χ0v) is 8.69. The minimum atomic E-state index is -0.339. The van der Waals surface area contributed by atoms with Gasteiger partial charge in [-0.05, 0) is 37.3 Å². The SMILES string of the molecule is CCNc1cc(C2CC2)ccc1[N+](=O)[O-]. The summed E-state index contributed by atoms with van der Waals surface area (Å²) in [6.07, 6.45) is 2.42. The van der Waals surface area contributed by atoms with Gasteiger partial charge in [-0.15, -0.1) is 0 Å². The lowest BCUT2D eigenvalue weighted by atomic mass is 10.1. The molecule has 1 saturated carbocycles. The molecule has 0 radical (unpaired) electrons. The molecule has 1 fully saturated rings. The molecule has 0 amide bonds. The zero-order chi connectivity index (χ0) is 10.8. The summed E-state index contributed by atoms with van der Waals surface area (Å²) in [5.74, 6) is 0.628. The summed E-state index contributed by atoms with van der Waals surface area (Å²) in [6, 6.07) is 5.39. The monoisotopic (exact) mass is 206 g/mol. The first kappa shape index (κ1) is 9.96. The van der Waals surface area contributed by atoms with E-state index in [0.717, 1.165) is 0 Å². The first-order valence-electron chi connectivity index (χ1n) is 5.24. The van der Waals surface area contributed by atoms with Crippen molar-refractivity contribution >= 4 is 11.4 Å². The Morgan fingerprint density at radius 1 is 1.53 bits per heavy atom. The Balaban J connectivity index is 2.34. The molecule has 1 aliphatic carbocycles. The summed E-state index contributed by atoms with van der Waals surface area (Å²) >= 11 is 0. The van der Waals surface area contributed by atoms with Crippen LogP contribution in [0.25, 0.3) is 0 Å². The summed E-state index contributed by atoms with van der Waals surface area (Å²) in [4.78, 5) is 10.4. The van der Waals surface area contributed by atoms with E-state index in [0.29, 0.717) is 18.2 Å². The van der Waals surface area contributed by atoms with Crippen LogP contribution in [0.3, 0.4) is 0 Å². The molecule has 0 saturated heterocycles. The second-order valence-electron chi connectivity index (χ2n) is 3.84. The van der Waals surface area contributed by atoms with Crippen LogP contribution in [0.2, 0.25) is 0 Å². The Bertz CT molecular complexity index is 386. The fourth-order valence-corrected chi connectivity index (χ4v) is 1.72. The molecule has 0 atom stereocenters. The lowest BCUT2D eigenvalue weighted by molar-refractivity contribution is -0.384. The van der Waals surface area contributed by atoms with Crippen molar-refractivity contribution in [3.63, 3.8) is 0 Å². The average Bonchev–Trinajstić information content (AvgIpc) is 3.01. The quantitative estimate of drug-likeness (QED) is 0.608. The standard InChI is InChI=1S/C11H14N2O2/c1-2-12-10-7-9(8-3-4-8)5-6-11(10)13(14)15/h5-8,12H,2-4H2,1H3. The maximum atomic E-state index is 10.8. The van der Waals surface area contributed by atoms with Gasteiger partial charge in [0.2, 0.25) is 0 Å². The Labute approximate surface area is 88.5 Å². The molecule has 1 aliphatic rings. The molecule has 1 N–H and O–H groups in total. The van der Waals surface area contributed by atoms with Crippen LogP contribution >= 0.6 is 0 Å². The Morgan fingerprint density at radius 3 is 2.80 bits per heavy atom. The molecule has 1 aromatic rings. The van der Waals surface area contributed by atoms with Gasteiger partial charge in [0.05, 0.1) is 4.92 Å². The van der Waals surface area contributed by atoms with Crippen LogP contribution in [-0.2, 0) is 0 Å². The maximum Gasteiger partial charge on any atom is 0.292 e. The van der Waals surface area contributed by atoms with Crippen LogP contribution in [0.4, 0.5) is 11.4 Å². The van der Waals surface area contributed by atoms with Crippen LogP contribution in [0.5, 0.6) is 0 Å². The van der Waals surface area contributed by atoms with Gasteiger partial charge in [-0.25, -0.2) is 0 Å². The number of anilines is 1. The van der Waals surface area contributed by atoms with Crippen molar-refractivity contribution in [3.8, 4) is 0 Å². The van der Waals surface area contributed by atoms with Gasteiger partial charge in [0.25, 0.3) is 5.69 Å². The van der Waals surface area contributed by atoms with Crippen molar-refractivity contribution in [1.29, 1.82) is 0 Å². The van der Waals surface area contributed by atoms with E-state index in [-0.39, 0.29) is 10.6 Å². The highest BCUT2D eigenvalue weighted by atomic mass is 16.6. The summed E-state index contributed by atoms with van der Waals surface area (Å²) in [5.41, 5.74) is 2.03. The second kappa shape index (κ2) is 3.88. The van der Waals surface area contributed by atoms with Crippen LogP contribution in [-0.4, -0.2) is 11.5 Å². The lowest BCUT2D eigenvalue weighted by Gasteiger charge is -2.06. The van der Waals surface area contributed by atoms with Crippen molar-refractivity contribution in [2.24, 2.45) is 0 Å². The van der Waals surface area contributed by atoms with E-state index in [4.69, 9.17) is 0 Å². The van der Waals surface area contributed by atoms with Gasteiger partial charge in [0, 0.05) is 12.6 Å². The van der Waals surface area contributed by atoms with Gasteiger partial charge in [-0.2, -0.15) is 0 Å². The maximum absolute atomic E-state index is 10.8. The molecular formula is C11H14N2O2. The number of nitro benzene ring substituents is 1. The van der Waals surface area contributed by atoms with Gasteiger partial charge >= 0.3 is 0 Å². The highest BCUT2D eigenvalue weighted by Crippen LogP contribution is 2.42. The molecular weight excluding hydrogens is 192 g/mol. The highest BCUT2D eigenvalue weighted by molar-refractivity contribution is 5.63. The third kappa shape index (κ3) is 2.09. The van der Waals surface area contributed by atoms with E-state index in [2.05, 4.69) is 5.32 Å². The number of hydrogen-bond donors (Lipinski definition) is 1. The van der Waals surface area contributed by atoms with Gasteiger partial charge in [-0.1, -0.05) is 6.07 Å². The van der Waals surface area contributed by atoms with E-state index in [1.165, 1.54) is 18.4 Å². The second-order valence-corrected chi connectivity index (χ2v) is 3.84.